The van der Waals surface area contributed by atoms with E-state index in [1.165, 1.54) is 28.8 Å². The first kappa shape index (κ1) is 14.8. The Morgan fingerprint density at radius 3 is 2.48 bits per heavy atom. The molecule has 1 aromatic carbocycles. The Hall–Kier alpha value is -1.16. The van der Waals surface area contributed by atoms with Crippen molar-refractivity contribution in [3.63, 3.8) is 0 Å². The van der Waals surface area contributed by atoms with E-state index < -0.39 is 0 Å². The van der Waals surface area contributed by atoms with Crippen molar-refractivity contribution in [2.24, 2.45) is 0 Å². The van der Waals surface area contributed by atoms with Gasteiger partial charge in [0.2, 0.25) is 0 Å². The molecule has 0 aliphatic heterocycles. The van der Waals surface area contributed by atoms with E-state index in [0.717, 1.165) is 32.2 Å². The van der Waals surface area contributed by atoms with Crippen molar-refractivity contribution in [1.29, 1.82) is 0 Å². The van der Waals surface area contributed by atoms with Gasteiger partial charge in [0, 0.05) is 30.6 Å². The number of rotatable bonds is 8. The predicted molar refractivity (Wildman–Crippen MR) is 90.4 cm³/mol. The van der Waals surface area contributed by atoms with Crippen LogP contribution in [0.1, 0.15) is 35.8 Å². The quantitative estimate of drug-likeness (QED) is 0.792. The van der Waals surface area contributed by atoms with Crippen LogP contribution in [-0.4, -0.2) is 17.5 Å². The van der Waals surface area contributed by atoms with Crippen LogP contribution in [0.5, 0.6) is 0 Å². The first-order chi connectivity index (χ1) is 10.3. The summed E-state index contributed by atoms with van der Waals surface area (Å²) in [6.07, 6.45) is 2.71. The van der Waals surface area contributed by atoms with Gasteiger partial charge >= 0.3 is 0 Å². The van der Waals surface area contributed by atoms with E-state index >= 15 is 0 Å². The molecule has 0 saturated heterocycles. The fourth-order valence-electron chi connectivity index (χ4n) is 2.47. The summed E-state index contributed by atoms with van der Waals surface area (Å²) in [5.74, 6) is 0. The van der Waals surface area contributed by atoms with E-state index in [4.69, 9.17) is 0 Å². The minimum absolute atomic E-state index is 0.783. The van der Waals surface area contributed by atoms with Crippen molar-refractivity contribution in [2.45, 2.75) is 45.4 Å². The normalized spacial score (nSPS) is 14.8. The number of hydrogen-bond acceptors (Lipinski definition) is 3. The molecule has 0 bridgehead atoms. The minimum Gasteiger partial charge on any atom is -0.310 e. The molecule has 1 N–H and O–H groups in total. The van der Waals surface area contributed by atoms with Gasteiger partial charge in [-0.15, -0.1) is 11.3 Å². The number of thiophene rings is 1. The summed E-state index contributed by atoms with van der Waals surface area (Å²) >= 11 is 1.84. The zero-order chi connectivity index (χ0) is 14.5. The Labute approximate surface area is 131 Å². The van der Waals surface area contributed by atoms with Crippen molar-refractivity contribution in [1.82, 2.24) is 10.2 Å². The standard InChI is InChI=1S/C18H24N2S/c1-2-20(14-18-4-3-11-21-18)13-16-7-5-15(6-8-16)12-19-17-9-10-17/h3-8,11,17,19H,2,9-10,12-14H2,1H3. The molecule has 0 radical (unpaired) electrons. The molecular weight excluding hydrogens is 276 g/mol. The molecule has 21 heavy (non-hydrogen) atoms. The highest BCUT2D eigenvalue weighted by Gasteiger charge is 2.19. The fourth-order valence-corrected chi connectivity index (χ4v) is 3.22. The SMILES string of the molecule is CCN(Cc1ccc(CNC2CC2)cc1)Cc1cccs1. The molecule has 2 nitrogen and oxygen atoms in total. The molecule has 1 fully saturated rings. The largest absolute Gasteiger partial charge is 0.310 e. The Kier molecular flexibility index (Phi) is 5.07. The second kappa shape index (κ2) is 7.21. The summed E-state index contributed by atoms with van der Waals surface area (Å²) in [4.78, 5) is 3.94. The molecule has 0 amide bonds. The van der Waals surface area contributed by atoms with Gasteiger partial charge in [-0.2, -0.15) is 0 Å². The lowest BCUT2D eigenvalue weighted by Gasteiger charge is -2.19. The van der Waals surface area contributed by atoms with E-state index in [1.807, 2.05) is 11.3 Å². The van der Waals surface area contributed by atoms with Crippen molar-refractivity contribution in [3.05, 3.63) is 57.8 Å². The molecule has 2 aromatic rings. The third-order valence-electron chi connectivity index (χ3n) is 4.01. The average Bonchev–Trinajstić information content (AvgIpc) is 3.21. The second-order valence-electron chi connectivity index (χ2n) is 5.85. The van der Waals surface area contributed by atoms with E-state index in [-0.39, 0.29) is 0 Å². The second-order valence-corrected chi connectivity index (χ2v) is 6.89. The van der Waals surface area contributed by atoms with Gasteiger partial charge in [0.1, 0.15) is 0 Å². The van der Waals surface area contributed by atoms with Crippen LogP contribution < -0.4 is 5.32 Å². The molecule has 0 unspecified atom stereocenters. The van der Waals surface area contributed by atoms with Gasteiger partial charge in [-0.1, -0.05) is 37.3 Å². The van der Waals surface area contributed by atoms with E-state index in [1.54, 1.807) is 0 Å². The minimum atomic E-state index is 0.783. The Balaban J connectivity index is 1.52. The Morgan fingerprint density at radius 1 is 1.10 bits per heavy atom. The van der Waals surface area contributed by atoms with Crippen molar-refractivity contribution < 1.29 is 0 Å². The molecule has 1 heterocycles. The summed E-state index contributed by atoms with van der Waals surface area (Å²) < 4.78 is 0. The molecule has 1 aromatic heterocycles. The molecule has 0 atom stereocenters. The van der Waals surface area contributed by atoms with E-state index in [0.29, 0.717) is 0 Å². The van der Waals surface area contributed by atoms with Crippen LogP contribution in [0.4, 0.5) is 0 Å². The summed E-state index contributed by atoms with van der Waals surface area (Å²) in [5, 5.41) is 5.72. The zero-order valence-electron chi connectivity index (χ0n) is 12.7. The fraction of sp³-hybridized carbons (Fsp3) is 0.444. The molecule has 1 aliphatic carbocycles. The molecule has 1 saturated carbocycles. The van der Waals surface area contributed by atoms with Crippen LogP contribution in [0.3, 0.4) is 0 Å². The highest BCUT2D eigenvalue weighted by atomic mass is 32.1. The first-order valence-corrected chi connectivity index (χ1v) is 8.77. The lowest BCUT2D eigenvalue weighted by molar-refractivity contribution is 0.274. The topological polar surface area (TPSA) is 15.3 Å². The maximum Gasteiger partial charge on any atom is 0.0331 e. The van der Waals surface area contributed by atoms with E-state index in [9.17, 15) is 0 Å². The van der Waals surface area contributed by atoms with Crippen molar-refractivity contribution in [3.8, 4) is 0 Å². The molecule has 3 heteroatoms. The average molecular weight is 300 g/mol. The van der Waals surface area contributed by atoms with Crippen LogP contribution in [0.2, 0.25) is 0 Å². The lowest BCUT2D eigenvalue weighted by Crippen LogP contribution is -2.21. The third kappa shape index (κ3) is 4.67. The Morgan fingerprint density at radius 2 is 1.86 bits per heavy atom. The monoisotopic (exact) mass is 300 g/mol. The van der Waals surface area contributed by atoms with Gasteiger partial charge in [0.25, 0.3) is 0 Å². The Bertz CT molecular complexity index is 529. The number of nitrogens with one attached hydrogen (secondary N) is 1. The lowest BCUT2D eigenvalue weighted by atomic mass is 10.1. The molecule has 1 aliphatic rings. The smallest absolute Gasteiger partial charge is 0.0331 e. The van der Waals surface area contributed by atoms with Crippen LogP contribution in [0, 0.1) is 0 Å². The molecule has 112 valence electrons. The number of nitrogens with zero attached hydrogens (tertiary/aromatic N) is 1. The van der Waals surface area contributed by atoms with Crippen LogP contribution in [-0.2, 0) is 19.6 Å². The van der Waals surface area contributed by atoms with Gasteiger partial charge in [-0.25, -0.2) is 0 Å². The number of hydrogen-bond donors (Lipinski definition) is 1. The van der Waals surface area contributed by atoms with Crippen LogP contribution >= 0.6 is 11.3 Å². The van der Waals surface area contributed by atoms with Gasteiger partial charge in [-0.3, -0.25) is 4.90 Å². The van der Waals surface area contributed by atoms with Crippen molar-refractivity contribution >= 4 is 11.3 Å². The highest BCUT2D eigenvalue weighted by Crippen LogP contribution is 2.19. The molecular formula is C18H24N2S. The van der Waals surface area contributed by atoms with Crippen LogP contribution in [0.15, 0.2) is 41.8 Å². The van der Waals surface area contributed by atoms with Gasteiger partial charge < -0.3 is 5.32 Å². The predicted octanol–water partition coefficient (Wildman–Crippen LogP) is 4.02. The van der Waals surface area contributed by atoms with E-state index in [2.05, 4.69) is 58.9 Å². The molecule has 0 spiro atoms. The first-order valence-electron chi connectivity index (χ1n) is 7.89. The summed E-state index contributed by atoms with van der Waals surface area (Å²) in [6.45, 7) is 6.42. The molecule has 3 rings (SSSR count). The summed E-state index contributed by atoms with van der Waals surface area (Å²) in [6, 6.07) is 14.2. The number of benzene rings is 1. The summed E-state index contributed by atoms with van der Waals surface area (Å²) in [5.41, 5.74) is 2.80. The maximum atomic E-state index is 3.56. The van der Waals surface area contributed by atoms with Crippen molar-refractivity contribution in [2.75, 3.05) is 6.54 Å². The summed E-state index contributed by atoms with van der Waals surface area (Å²) in [7, 11) is 0. The highest BCUT2D eigenvalue weighted by molar-refractivity contribution is 7.09. The van der Waals surface area contributed by atoms with Gasteiger partial charge in [0.05, 0.1) is 0 Å². The zero-order valence-corrected chi connectivity index (χ0v) is 13.5. The van der Waals surface area contributed by atoms with Crippen LogP contribution in [0.25, 0.3) is 0 Å². The van der Waals surface area contributed by atoms with Gasteiger partial charge in [0.15, 0.2) is 0 Å². The third-order valence-corrected chi connectivity index (χ3v) is 4.87. The maximum absolute atomic E-state index is 3.56. The van der Waals surface area contributed by atoms with Gasteiger partial charge in [-0.05, 0) is 42.0 Å².